The number of anilines is 1. The standard InChI is InChI=1S/C16H16N2O6S/c1-24-14-6-8-15(9-7-14)25(22,23)11-10-16(19)17-12-2-4-13(5-3-12)18(20)21/h2-9H,10-11H2,1H3,(H,17,19). The highest BCUT2D eigenvalue weighted by molar-refractivity contribution is 7.91. The molecular formula is C16H16N2O6S. The van der Waals surface area contributed by atoms with Crippen molar-refractivity contribution in [3.8, 4) is 5.75 Å². The van der Waals surface area contributed by atoms with Crippen molar-refractivity contribution in [2.24, 2.45) is 0 Å². The van der Waals surface area contributed by atoms with Gasteiger partial charge in [0.1, 0.15) is 5.75 Å². The number of hydrogen-bond acceptors (Lipinski definition) is 6. The van der Waals surface area contributed by atoms with E-state index in [-0.39, 0.29) is 22.8 Å². The van der Waals surface area contributed by atoms with Crippen molar-refractivity contribution in [3.63, 3.8) is 0 Å². The Hall–Kier alpha value is -2.94. The summed E-state index contributed by atoms with van der Waals surface area (Å²) >= 11 is 0. The number of methoxy groups -OCH3 is 1. The van der Waals surface area contributed by atoms with Gasteiger partial charge in [-0.25, -0.2) is 8.42 Å². The number of nitro benzene ring substituents is 1. The highest BCUT2D eigenvalue weighted by Crippen LogP contribution is 2.18. The number of benzene rings is 2. The zero-order chi connectivity index (χ0) is 18.4. The number of nitrogens with one attached hydrogen (secondary N) is 1. The summed E-state index contributed by atoms with van der Waals surface area (Å²) in [7, 11) is -2.12. The van der Waals surface area contributed by atoms with Gasteiger partial charge in [-0.1, -0.05) is 0 Å². The number of ether oxygens (including phenoxy) is 1. The van der Waals surface area contributed by atoms with Crippen molar-refractivity contribution in [1.29, 1.82) is 0 Å². The van der Waals surface area contributed by atoms with E-state index < -0.39 is 20.7 Å². The first kappa shape index (κ1) is 18.4. The fourth-order valence-corrected chi connectivity index (χ4v) is 3.26. The number of hydrogen-bond donors (Lipinski definition) is 1. The van der Waals surface area contributed by atoms with E-state index >= 15 is 0 Å². The summed E-state index contributed by atoms with van der Waals surface area (Å²) in [5.41, 5.74) is 0.262. The second kappa shape index (κ2) is 7.75. The van der Waals surface area contributed by atoms with Crippen LogP contribution in [0.4, 0.5) is 11.4 Å². The molecule has 25 heavy (non-hydrogen) atoms. The Labute approximate surface area is 144 Å². The Kier molecular flexibility index (Phi) is 5.71. The molecule has 0 saturated heterocycles. The Morgan fingerprint density at radius 3 is 2.24 bits per heavy atom. The second-order valence-corrected chi connectivity index (χ2v) is 7.21. The van der Waals surface area contributed by atoms with E-state index in [0.717, 1.165) is 0 Å². The molecule has 0 heterocycles. The van der Waals surface area contributed by atoms with Gasteiger partial charge < -0.3 is 10.1 Å². The van der Waals surface area contributed by atoms with Crippen molar-refractivity contribution in [1.82, 2.24) is 0 Å². The summed E-state index contributed by atoms with van der Waals surface area (Å²) in [4.78, 5) is 22.0. The first-order valence-electron chi connectivity index (χ1n) is 7.23. The third kappa shape index (κ3) is 5.01. The van der Waals surface area contributed by atoms with E-state index in [2.05, 4.69) is 5.32 Å². The molecule has 0 aliphatic rings. The largest absolute Gasteiger partial charge is 0.497 e. The van der Waals surface area contributed by atoms with Crippen molar-refractivity contribution in [2.75, 3.05) is 18.2 Å². The van der Waals surface area contributed by atoms with Crippen LogP contribution >= 0.6 is 0 Å². The molecule has 2 aromatic rings. The minimum atomic E-state index is -3.60. The van der Waals surface area contributed by atoms with Crippen LogP contribution in [0.5, 0.6) is 5.75 Å². The molecule has 0 spiro atoms. The van der Waals surface area contributed by atoms with Crippen LogP contribution in [0.25, 0.3) is 0 Å². The Balaban J connectivity index is 1.94. The lowest BCUT2D eigenvalue weighted by Crippen LogP contribution is -2.17. The quantitative estimate of drug-likeness (QED) is 0.596. The lowest BCUT2D eigenvalue weighted by Gasteiger charge is -2.07. The van der Waals surface area contributed by atoms with E-state index in [9.17, 15) is 23.3 Å². The van der Waals surface area contributed by atoms with Crippen molar-refractivity contribution in [2.45, 2.75) is 11.3 Å². The molecule has 0 saturated carbocycles. The fraction of sp³-hybridized carbons (Fsp3) is 0.188. The smallest absolute Gasteiger partial charge is 0.269 e. The Morgan fingerprint density at radius 2 is 1.72 bits per heavy atom. The average Bonchev–Trinajstić information content (AvgIpc) is 2.60. The van der Waals surface area contributed by atoms with Gasteiger partial charge in [0, 0.05) is 24.2 Å². The second-order valence-electron chi connectivity index (χ2n) is 5.10. The molecule has 132 valence electrons. The van der Waals surface area contributed by atoms with Crippen molar-refractivity contribution < 1.29 is 22.9 Å². The SMILES string of the molecule is COc1ccc(S(=O)(=O)CCC(=O)Nc2ccc([N+](=O)[O-])cc2)cc1. The summed E-state index contributed by atoms with van der Waals surface area (Å²) < 4.78 is 29.4. The minimum Gasteiger partial charge on any atom is -0.497 e. The third-order valence-electron chi connectivity index (χ3n) is 3.38. The molecule has 2 aromatic carbocycles. The van der Waals surface area contributed by atoms with E-state index in [1.807, 2.05) is 0 Å². The summed E-state index contributed by atoms with van der Waals surface area (Å²) in [6, 6.07) is 11.2. The Bertz CT molecular complexity index is 861. The molecule has 0 aliphatic heterocycles. The Morgan fingerprint density at radius 1 is 1.12 bits per heavy atom. The molecule has 0 atom stereocenters. The number of non-ortho nitro benzene ring substituents is 1. The molecule has 0 fully saturated rings. The van der Waals surface area contributed by atoms with Crippen LogP contribution in [-0.4, -0.2) is 32.1 Å². The van der Waals surface area contributed by atoms with E-state index in [1.54, 1.807) is 0 Å². The highest BCUT2D eigenvalue weighted by atomic mass is 32.2. The molecule has 8 nitrogen and oxygen atoms in total. The van der Waals surface area contributed by atoms with Crippen LogP contribution in [0, 0.1) is 10.1 Å². The summed E-state index contributed by atoms with van der Waals surface area (Å²) in [5, 5.41) is 13.1. The van der Waals surface area contributed by atoms with E-state index in [1.165, 1.54) is 55.6 Å². The molecular weight excluding hydrogens is 348 g/mol. The summed E-state index contributed by atoms with van der Waals surface area (Å²) in [6.07, 6.45) is -0.231. The van der Waals surface area contributed by atoms with Gasteiger partial charge in [-0.05, 0) is 36.4 Å². The van der Waals surface area contributed by atoms with Gasteiger partial charge in [-0.2, -0.15) is 0 Å². The molecule has 2 rings (SSSR count). The maximum Gasteiger partial charge on any atom is 0.269 e. The van der Waals surface area contributed by atoms with Crippen LogP contribution in [0.3, 0.4) is 0 Å². The van der Waals surface area contributed by atoms with Gasteiger partial charge in [0.15, 0.2) is 9.84 Å². The molecule has 1 amide bonds. The minimum absolute atomic E-state index is 0.0971. The van der Waals surface area contributed by atoms with Gasteiger partial charge in [-0.3, -0.25) is 14.9 Å². The number of carbonyl (C=O) groups excluding carboxylic acids is 1. The topological polar surface area (TPSA) is 116 Å². The average molecular weight is 364 g/mol. The van der Waals surface area contributed by atoms with Crippen molar-refractivity contribution >= 4 is 27.1 Å². The van der Waals surface area contributed by atoms with Crippen molar-refractivity contribution in [3.05, 3.63) is 58.6 Å². The predicted octanol–water partition coefficient (Wildman–Crippen LogP) is 2.41. The van der Waals surface area contributed by atoms with Gasteiger partial charge in [0.05, 0.1) is 22.7 Å². The molecule has 0 aromatic heterocycles. The number of nitro groups is 1. The molecule has 0 aliphatic carbocycles. The van der Waals surface area contributed by atoms with Crippen LogP contribution in [0.2, 0.25) is 0 Å². The number of carbonyl (C=O) groups is 1. The summed E-state index contributed by atoms with van der Waals surface area (Å²) in [5.74, 6) is -0.307. The maximum absolute atomic E-state index is 12.2. The first-order chi connectivity index (χ1) is 11.8. The van der Waals surface area contributed by atoms with E-state index in [0.29, 0.717) is 11.4 Å². The third-order valence-corrected chi connectivity index (χ3v) is 5.11. The number of nitrogens with zero attached hydrogens (tertiary/aromatic N) is 1. The van der Waals surface area contributed by atoms with Crippen LogP contribution in [0.1, 0.15) is 6.42 Å². The maximum atomic E-state index is 12.2. The normalized spacial score (nSPS) is 10.9. The predicted molar refractivity (Wildman–Crippen MR) is 91.4 cm³/mol. The molecule has 0 radical (unpaired) electrons. The lowest BCUT2D eigenvalue weighted by molar-refractivity contribution is -0.384. The first-order valence-corrected chi connectivity index (χ1v) is 8.88. The number of amides is 1. The lowest BCUT2D eigenvalue weighted by atomic mass is 10.3. The van der Waals surface area contributed by atoms with Gasteiger partial charge in [-0.15, -0.1) is 0 Å². The zero-order valence-corrected chi connectivity index (χ0v) is 14.2. The monoisotopic (exact) mass is 364 g/mol. The molecule has 0 unspecified atom stereocenters. The van der Waals surface area contributed by atoms with Gasteiger partial charge in [0.2, 0.25) is 5.91 Å². The highest BCUT2D eigenvalue weighted by Gasteiger charge is 2.17. The molecule has 9 heteroatoms. The van der Waals surface area contributed by atoms with Crippen LogP contribution in [0.15, 0.2) is 53.4 Å². The van der Waals surface area contributed by atoms with Crippen LogP contribution in [-0.2, 0) is 14.6 Å². The van der Waals surface area contributed by atoms with E-state index in [4.69, 9.17) is 4.74 Å². The van der Waals surface area contributed by atoms with Crippen LogP contribution < -0.4 is 10.1 Å². The number of rotatable bonds is 7. The van der Waals surface area contributed by atoms with Gasteiger partial charge in [0.25, 0.3) is 5.69 Å². The number of sulfone groups is 1. The zero-order valence-electron chi connectivity index (χ0n) is 13.3. The fourth-order valence-electron chi connectivity index (χ4n) is 2.02. The van der Waals surface area contributed by atoms with Gasteiger partial charge >= 0.3 is 0 Å². The molecule has 0 bridgehead atoms. The summed E-state index contributed by atoms with van der Waals surface area (Å²) in [6.45, 7) is 0. The molecule has 1 N–H and O–H groups in total.